The Labute approximate surface area is 254 Å². The number of halogens is 7. The van der Waals surface area contributed by atoms with Crippen molar-refractivity contribution < 1.29 is 41.4 Å². The Morgan fingerprint density at radius 2 is 1.80 bits per heavy atom. The number of hydrogen-bond acceptors (Lipinski definition) is 7. The number of alkyl halides is 5. The van der Waals surface area contributed by atoms with Crippen molar-refractivity contribution in [2.45, 2.75) is 37.6 Å². The standard InChI is InChI=1S/C27H21Cl2F5N6O4/c28-16-6-1-12(10-35-24(42)26(43)7-8-26)19(29)20(16)38-25-37-17-9-15(23(39-21(17)40-25)44-11-18(30)31)22(41)36-14-4-2-13(3-5-14)27(32,33)34/h1-6,9,18,43H,7-8,10-11H2,(H,35,42)(H,36,41)(H2,37,38,39,40). The Hall–Kier alpha value is -4.21. The maximum absolute atomic E-state index is 13.0. The molecule has 4 aromatic rings. The van der Waals surface area contributed by atoms with Crippen molar-refractivity contribution in [3.8, 4) is 5.88 Å². The summed E-state index contributed by atoms with van der Waals surface area (Å²) in [6, 6.07) is 7.93. The molecule has 1 saturated carbocycles. The van der Waals surface area contributed by atoms with Gasteiger partial charge in [0.1, 0.15) is 11.2 Å². The first-order valence-corrected chi connectivity index (χ1v) is 13.5. The van der Waals surface area contributed by atoms with Crippen molar-refractivity contribution in [1.29, 1.82) is 0 Å². The Morgan fingerprint density at radius 3 is 2.43 bits per heavy atom. The summed E-state index contributed by atoms with van der Waals surface area (Å²) >= 11 is 12.9. The van der Waals surface area contributed by atoms with Gasteiger partial charge in [0, 0.05) is 12.2 Å². The Balaban J connectivity index is 1.40. The predicted octanol–water partition coefficient (Wildman–Crippen LogP) is 6.06. The molecule has 10 nitrogen and oxygen atoms in total. The minimum Gasteiger partial charge on any atom is -0.471 e. The van der Waals surface area contributed by atoms with Crippen molar-refractivity contribution in [2.75, 3.05) is 17.2 Å². The highest BCUT2D eigenvalue weighted by molar-refractivity contribution is 6.39. The summed E-state index contributed by atoms with van der Waals surface area (Å²) in [4.78, 5) is 36.3. The third-order valence-corrected chi connectivity index (χ3v) is 7.25. The Bertz CT molecular complexity index is 1730. The van der Waals surface area contributed by atoms with Gasteiger partial charge in [0.15, 0.2) is 12.3 Å². The maximum atomic E-state index is 13.0. The molecule has 0 saturated heterocycles. The first-order chi connectivity index (χ1) is 20.7. The second-order valence-electron chi connectivity index (χ2n) is 9.76. The van der Waals surface area contributed by atoms with Crippen LogP contribution < -0.4 is 20.7 Å². The van der Waals surface area contributed by atoms with E-state index >= 15 is 0 Å². The number of aliphatic hydroxyl groups is 1. The number of pyridine rings is 1. The van der Waals surface area contributed by atoms with Gasteiger partial charge in [-0.3, -0.25) is 9.59 Å². The number of benzene rings is 2. The van der Waals surface area contributed by atoms with Crippen molar-refractivity contribution in [3.63, 3.8) is 0 Å². The summed E-state index contributed by atoms with van der Waals surface area (Å²) < 4.78 is 69.5. The molecule has 1 fully saturated rings. The van der Waals surface area contributed by atoms with Gasteiger partial charge in [-0.2, -0.15) is 23.1 Å². The summed E-state index contributed by atoms with van der Waals surface area (Å²) in [5.74, 6) is -1.88. The smallest absolute Gasteiger partial charge is 0.416 e. The zero-order valence-electron chi connectivity index (χ0n) is 22.2. The second kappa shape index (κ2) is 12.1. The summed E-state index contributed by atoms with van der Waals surface area (Å²) in [7, 11) is 0. The minimum absolute atomic E-state index is 0.00140. The number of hydrogen-bond donors (Lipinski definition) is 5. The number of nitrogens with one attached hydrogen (secondary N) is 4. The molecule has 2 aromatic carbocycles. The van der Waals surface area contributed by atoms with Crippen LogP contribution in [0.4, 0.5) is 39.3 Å². The van der Waals surface area contributed by atoms with E-state index in [-0.39, 0.29) is 50.6 Å². The van der Waals surface area contributed by atoms with E-state index in [2.05, 4.69) is 30.9 Å². The van der Waals surface area contributed by atoms with Crippen LogP contribution in [0.3, 0.4) is 0 Å². The van der Waals surface area contributed by atoms with Gasteiger partial charge in [0.2, 0.25) is 11.8 Å². The number of carbonyl (C=O) groups excluding carboxylic acids is 2. The van der Waals surface area contributed by atoms with Crippen LogP contribution in [0, 0.1) is 0 Å². The highest BCUT2D eigenvalue weighted by Crippen LogP contribution is 2.37. The molecule has 2 aromatic heterocycles. The number of amides is 2. The molecule has 17 heteroatoms. The van der Waals surface area contributed by atoms with Gasteiger partial charge in [-0.05, 0) is 54.8 Å². The lowest BCUT2D eigenvalue weighted by Crippen LogP contribution is -2.35. The third-order valence-electron chi connectivity index (χ3n) is 6.50. The van der Waals surface area contributed by atoms with Gasteiger partial charge in [0.25, 0.3) is 18.2 Å². The summed E-state index contributed by atoms with van der Waals surface area (Å²) in [6.07, 6.45) is -6.74. The lowest BCUT2D eigenvalue weighted by molar-refractivity contribution is -0.137. The van der Waals surface area contributed by atoms with E-state index in [0.717, 1.165) is 24.3 Å². The molecule has 2 amide bonds. The van der Waals surface area contributed by atoms with Gasteiger partial charge >= 0.3 is 6.18 Å². The molecule has 44 heavy (non-hydrogen) atoms. The van der Waals surface area contributed by atoms with E-state index in [0.29, 0.717) is 18.4 Å². The molecule has 232 valence electrons. The van der Waals surface area contributed by atoms with E-state index in [1.165, 1.54) is 12.1 Å². The van der Waals surface area contributed by atoms with Crippen LogP contribution in [-0.2, 0) is 17.5 Å². The average molecular weight is 659 g/mol. The first kappa shape index (κ1) is 31.2. The summed E-state index contributed by atoms with van der Waals surface area (Å²) in [5, 5.41) is 18.1. The monoisotopic (exact) mass is 658 g/mol. The van der Waals surface area contributed by atoms with Crippen LogP contribution in [0.1, 0.15) is 34.3 Å². The quantitative estimate of drug-likeness (QED) is 0.130. The lowest BCUT2D eigenvalue weighted by atomic mass is 10.2. The van der Waals surface area contributed by atoms with E-state index in [4.69, 9.17) is 27.9 Å². The average Bonchev–Trinajstić information content (AvgIpc) is 3.59. The molecule has 0 spiro atoms. The molecule has 2 heterocycles. The highest BCUT2D eigenvalue weighted by Gasteiger charge is 2.47. The fourth-order valence-corrected chi connectivity index (χ4v) is 4.52. The van der Waals surface area contributed by atoms with Crippen LogP contribution in [0.5, 0.6) is 5.88 Å². The number of H-pyrrole nitrogens is 1. The number of rotatable bonds is 10. The fraction of sp³-hybridized carbons (Fsp3) is 0.259. The largest absolute Gasteiger partial charge is 0.471 e. The van der Waals surface area contributed by atoms with Crippen LogP contribution in [0.15, 0.2) is 42.5 Å². The number of fused-ring (bicyclic) bond motifs is 1. The maximum Gasteiger partial charge on any atom is 0.416 e. The normalized spacial score (nSPS) is 14.0. The molecule has 0 atom stereocenters. The van der Waals surface area contributed by atoms with Gasteiger partial charge in [-0.1, -0.05) is 29.3 Å². The van der Waals surface area contributed by atoms with Gasteiger partial charge in [0.05, 0.1) is 26.8 Å². The van der Waals surface area contributed by atoms with E-state index in [1.54, 1.807) is 6.07 Å². The van der Waals surface area contributed by atoms with Gasteiger partial charge in [-0.15, -0.1) is 0 Å². The van der Waals surface area contributed by atoms with Crippen molar-refractivity contribution in [1.82, 2.24) is 20.3 Å². The SMILES string of the molecule is O=C(Nc1ccc(C(F)(F)F)cc1)c1cc2[nH]c(Nc3c(Cl)ccc(CNC(=O)C4(O)CC4)c3Cl)nc2nc1OCC(F)F. The van der Waals surface area contributed by atoms with Crippen molar-refractivity contribution >= 4 is 63.5 Å². The second-order valence-corrected chi connectivity index (χ2v) is 10.5. The summed E-state index contributed by atoms with van der Waals surface area (Å²) in [5.41, 5.74) is -1.83. The zero-order valence-corrected chi connectivity index (χ0v) is 23.7. The molecule has 0 aliphatic heterocycles. The number of anilines is 3. The predicted molar refractivity (Wildman–Crippen MR) is 151 cm³/mol. The molecule has 5 rings (SSSR count). The van der Waals surface area contributed by atoms with Crippen LogP contribution in [-0.4, -0.2) is 50.5 Å². The number of aromatic amines is 1. The minimum atomic E-state index is -4.58. The lowest BCUT2D eigenvalue weighted by Gasteiger charge is -2.14. The number of ether oxygens (including phenoxy) is 1. The molecule has 0 radical (unpaired) electrons. The van der Waals surface area contributed by atoms with Crippen molar-refractivity contribution in [3.05, 3.63) is 69.2 Å². The van der Waals surface area contributed by atoms with Crippen molar-refractivity contribution in [2.24, 2.45) is 0 Å². The van der Waals surface area contributed by atoms with Crippen LogP contribution in [0.2, 0.25) is 10.0 Å². The number of imidazole rings is 1. The zero-order chi connectivity index (χ0) is 31.8. The topological polar surface area (TPSA) is 141 Å². The Kier molecular flexibility index (Phi) is 8.55. The van der Waals surface area contributed by atoms with Crippen LogP contribution >= 0.6 is 23.2 Å². The highest BCUT2D eigenvalue weighted by atomic mass is 35.5. The molecule has 0 unspecified atom stereocenters. The van der Waals surface area contributed by atoms with Gasteiger partial charge < -0.3 is 30.8 Å². The molecule has 5 N–H and O–H groups in total. The number of aromatic nitrogens is 3. The molecule has 1 aliphatic rings. The molecule has 0 bridgehead atoms. The first-order valence-electron chi connectivity index (χ1n) is 12.8. The summed E-state index contributed by atoms with van der Waals surface area (Å²) in [6.45, 7) is -1.10. The number of nitrogens with zero attached hydrogens (tertiary/aromatic N) is 2. The number of carbonyl (C=O) groups is 2. The van der Waals surface area contributed by atoms with E-state index < -0.39 is 48.1 Å². The van der Waals surface area contributed by atoms with E-state index in [9.17, 15) is 36.6 Å². The third kappa shape index (κ3) is 6.95. The van der Waals surface area contributed by atoms with Crippen LogP contribution in [0.25, 0.3) is 11.2 Å². The fourth-order valence-electron chi connectivity index (χ4n) is 3.99. The molecular formula is C27H21Cl2F5N6O4. The molecule has 1 aliphatic carbocycles. The Morgan fingerprint density at radius 1 is 1.09 bits per heavy atom. The molecular weight excluding hydrogens is 638 g/mol. The van der Waals surface area contributed by atoms with Gasteiger partial charge in [-0.25, -0.2) is 8.78 Å². The van der Waals surface area contributed by atoms with E-state index in [1.807, 2.05) is 0 Å².